The lowest BCUT2D eigenvalue weighted by atomic mass is 9.75. The molecule has 0 heterocycles. The molecule has 1 aromatic carbocycles. The maximum absolute atomic E-state index is 6.18. The van der Waals surface area contributed by atoms with E-state index in [9.17, 15) is 0 Å². The van der Waals surface area contributed by atoms with Gasteiger partial charge in [0.1, 0.15) is 0 Å². The highest BCUT2D eigenvalue weighted by atomic mass is 35.5. The van der Waals surface area contributed by atoms with Gasteiger partial charge in [0.05, 0.1) is 0 Å². The van der Waals surface area contributed by atoms with Crippen LogP contribution in [-0.4, -0.2) is 6.04 Å². The molecule has 1 aliphatic carbocycles. The van der Waals surface area contributed by atoms with Gasteiger partial charge >= 0.3 is 0 Å². The van der Waals surface area contributed by atoms with E-state index in [0.29, 0.717) is 16.5 Å². The van der Waals surface area contributed by atoms with Crippen molar-refractivity contribution in [2.24, 2.45) is 5.41 Å². The van der Waals surface area contributed by atoms with E-state index in [2.05, 4.69) is 19.2 Å². The van der Waals surface area contributed by atoms with Gasteiger partial charge in [0.25, 0.3) is 0 Å². The quantitative estimate of drug-likeness (QED) is 0.819. The van der Waals surface area contributed by atoms with Gasteiger partial charge in [-0.05, 0) is 42.4 Å². The fourth-order valence-electron chi connectivity index (χ4n) is 2.79. The van der Waals surface area contributed by atoms with Gasteiger partial charge in [-0.3, -0.25) is 0 Å². The first-order valence-corrected chi connectivity index (χ1v) is 7.39. The third-order valence-electron chi connectivity index (χ3n) is 3.80. The molecule has 100 valence electrons. The van der Waals surface area contributed by atoms with E-state index >= 15 is 0 Å². The zero-order valence-electron chi connectivity index (χ0n) is 11.1. The van der Waals surface area contributed by atoms with E-state index in [1.165, 1.54) is 25.7 Å². The third kappa shape index (κ3) is 3.88. The first kappa shape index (κ1) is 14.2. The fourth-order valence-corrected chi connectivity index (χ4v) is 3.27. The van der Waals surface area contributed by atoms with Gasteiger partial charge in [0.15, 0.2) is 0 Å². The number of hydrogen-bond donors (Lipinski definition) is 1. The molecule has 18 heavy (non-hydrogen) atoms. The molecule has 3 heteroatoms. The molecule has 2 rings (SSSR count). The highest BCUT2D eigenvalue weighted by Gasteiger charge is 2.27. The molecule has 0 bridgehead atoms. The number of benzene rings is 1. The van der Waals surface area contributed by atoms with Gasteiger partial charge in [-0.1, -0.05) is 49.5 Å². The first-order valence-electron chi connectivity index (χ1n) is 6.64. The lowest BCUT2D eigenvalue weighted by molar-refractivity contribution is 0.198. The summed E-state index contributed by atoms with van der Waals surface area (Å²) < 4.78 is 0. The Morgan fingerprint density at radius 2 is 2.11 bits per heavy atom. The van der Waals surface area contributed by atoms with Crippen LogP contribution >= 0.6 is 23.2 Å². The zero-order chi connectivity index (χ0) is 13.2. The Balaban J connectivity index is 1.91. The van der Waals surface area contributed by atoms with Crippen LogP contribution < -0.4 is 5.32 Å². The van der Waals surface area contributed by atoms with Crippen LogP contribution in [0.15, 0.2) is 18.2 Å². The van der Waals surface area contributed by atoms with Gasteiger partial charge in [-0.2, -0.15) is 0 Å². The number of hydrogen-bond acceptors (Lipinski definition) is 1. The Kier molecular flexibility index (Phi) is 4.58. The Bertz CT molecular complexity index is 415. The van der Waals surface area contributed by atoms with Crippen LogP contribution in [0.25, 0.3) is 0 Å². The molecule has 1 saturated carbocycles. The molecule has 0 radical (unpaired) electrons. The summed E-state index contributed by atoms with van der Waals surface area (Å²) in [5.41, 5.74) is 1.60. The second kappa shape index (κ2) is 5.81. The largest absolute Gasteiger partial charge is 0.310 e. The monoisotopic (exact) mass is 285 g/mol. The molecule has 1 N–H and O–H groups in total. The van der Waals surface area contributed by atoms with Crippen molar-refractivity contribution in [3.8, 4) is 0 Å². The number of rotatable bonds is 3. The van der Waals surface area contributed by atoms with Crippen LogP contribution in [0, 0.1) is 5.41 Å². The van der Waals surface area contributed by atoms with Gasteiger partial charge < -0.3 is 5.32 Å². The van der Waals surface area contributed by atoms with Crippen molar-refractivity contribution in [1.82, 2.24) is 5.32 Å². The highest BCUT2D eigenvalue weighted by Crippen LogP contribution is 2.35. The molecule has 0 aromatic heterocycles. The number of halogens is 2. The molecular weight excluding hydrogens is 265 g/mol. The predicted octanol–water partition coefficient (Wildman–Crippen LogP) is 5.05. The second-order valence-electron chi connectivity index (χ2n) is 6.07. The topological polar surface area (TPSA) is 12.0 Å². The molecule has 1 unspecified atom stereocenters. The molecular formula is C15H21Cl2N. The summed E-state index contributed by atoms with van der Waals surface area (Å²) in [7, 11) is 0. The summed E-state index contributed by atoms with van der Waals surface area (Å²) in [5.74, 6) is 0. The summed E-state index contributed by atoms with van der Waals surface area (Å²) in [6, 6.07) is 6.33. The average Bonchev–Trinajstić information content (AvgIpc) is 2.26. The van der Waals surface area contributed by atoms with Crippen LogP contribution in [0.1, 0.15) is 45.1 Å². The van der Waals surface area contributed by atoms with E-state index in [1.54, 1.807) is 0 Å². The van der Waals surface area contributed by atoms with E-state index in [0.717, 1.165) is 17.1 Å². The minimum absolute atomic E-state index is 0.472. The average molecular weight is 286 g/mol. The fraction of sp³-hybridized carbons (Fsp3) is 0.600. The van der Waals surface area contributed by atoms with Crippen molar-refractivity contribution in [2.75, 3.05) is 0 Å². The molecule has 0 amide bonds. The summed E-state index contributed by atoms with van der Waals surface area (Å²) >= 11 is 12.1. The van der Waals surface area contributed by atoms with E-state index < -0.39 is 0 Å². The molecule has 1 fully saturated rings. The maximum atomic E-state index is 6.18. The van der Waals surface area contributed by atoms with E-state index in [1.807, 2.05) is 18.2 Å². The molecule has 1 nitrogen and oxygen atoms in total. The van der Waals surface area contributed by atoms with Crippen molar-refractivity contribution >= 4 is 23.2 Å². The molecule has 0 aliphatic heterocycles. The van der Waals surface area contributed by atoms with Gasteiger partial charge in [0, 0.05) is 22.6 Å². The Morgan fingerprint density at radius 1 is 1.33 bits per heavy atom. The van der Waals surface area contributed by atoms with E-state index in [-0.39, 0.29) is 0 Å². The number of nitrogens with one attached hydrogen (secondary N) is 1. The van der Waals surface area contributed by atoms with Crippen LogP contribution in [-0.2, 0) is 6.54 Å². The summed E-state index contributed by atoms with van der Waals surface area (Å²) in [6.07, 6.45) is 5.18. The van der Waals surface area contributed by atoms with Crippen molar-refractivity contribution in [3.05, 3.63) is 33.8 Å². The molecule has 1 aliphatic rings. The molecule has 0 saturated heterocycles. The third-order valence-corrected chi connectivity index (χ3v) is 4.39. The molecule has 0 spiro atoms. The van der Waals surface area contributed by atoms with Gasteiger partial charge in [-0.15, -0.1) is 0 Å². The molecule has 1 atom stereocenters. The summed E-state index contributed by atoms with van der Waals surface area (Å²) in [6.45, 7) is 5.54. The lowest BCUT2D eigenvalue weighted by Gasteiger charge is -2.35. The Hall–Kier alpha value is -0.240. The Labute approximate surface area is 120 Å². The second-order valence-corrected chi connectivity index (χ2v) is 6.92. The summed E-state index contributed by atoms with van der Waals surface area (Å²) in [5, 5.41) is 5.08. The van der Waals surface area contributed by atoms with Crippen LogP contribution in [0.2, 0.25) is 10.0 Å². The van der Waals surface area contributed by atoms with Crippen LogP contribution in [0.5, 0.6) is 0 Å². The minimum atomic E-state index is 0.472. The lowest BCUT2D eigenvalue weighted by Crippen LogP contribution is -2.36. The smallest absolute Gasteiger partial charge is 0.0465 e. The Morgan fingerprint density at radius 3 is 2.78 bits per heavy atom. The first-order chi connectivity index (χ1) is 8.46. The predicted molar refractivity (Wildman–Crippen MR) is 79.3 cm³/mol. The standard InChI is InChI=1S/C15H21Cl2N/c1-15(2)7-3-4-13(9-15)18-10-11-5-6-12(16)8-14(11)17/h5-6,8,13,18H,3-4,7,9-10H2,1-2H3. The zero-order valence-corrected chi connectivity index (χ0v) is 12.6. The van der Waals surface area contributed by atoms with Crippen molar-refractivity contribution in [2.45, 2.75) is 52.1 Å². The SMILES string of the molecule is CC1(C)CCCC(NCc2ccc(Cl)cc2Cl)C1. The molecule has 1 aromatic rings. The normalized spacial score (nSPS) is 23.0. The van der Waals surface area contributed by atoms with Crippen molar-refractivity contribution in [1.29, 1.82) is 0 Å². The summed E-state index contributed by atoms with van der Waals surface area (Å²) in [4.78, 5) is 0. The highest BCUT2D eigenvalue weighted by molar-refractivity contribution is 6.35. The van der Waals surface area contributed by atoms with Gasteiger partial charge in [-0.25, -0.2) is 0 Å². The van der Waals surface area contributed by atoms with Gasteiger partial charge in [0.2, 0.25) is 0 Å². The van der Waals surface area contributed by atoms with Crippen molar-refractivity contribution in [3.63, 3.8) is 0 Å². The van der Waals surface area contributed by atoms with Crippen molar-refractivity contribution < 1.29 is 0 Å². The van der Waals surface area contributed by atoms with Crippen LogP contribution in [0.3, 0.4) is 0 Å². The maximum Gasteiger partial charge on any atom is 0.0465 e. The van der Waals surface area contributed by atoms with E-state index in [4.69, 9.17) is 23.2 Å². The van der Waals surface area contributed by atoms with Crippen LogP contribution in [0.4, 0.5) is 0 Å². The minimum Gasteiger partial charge on any atom is -0.310 e.